The minimum absolute atomic E-state index is 0.620. The summed E-state index contributed by atoms with van der Waals surface area (Å²) < 4.78 is 2.28. The fraction of sp³-hybridized carbons (Fsp3) is 0.167. The molecule has 0 spiro atoms. The van der Waals surface area contributed by atoms with E-state index in [0.717, 1.165) is 17.1 Å². The summed E-state index contributed by atoms with van der Waals surface area (Å²) in [6.45, 7) is 2.73. The van der Waals surface area contributed by atoms with Gasteiger partial charge in [0.2, 0.25) is 0 Å². The Morgan fingerprint density at radius 1 is 1.13 bits per heavy atom. The molecule has 3 nitrogen and oxygen atoms in total. The summed E-state index contributed by atoms with van der Waals surface area (Å²) in [5.74, 6) is 0. The third kappa shape index (κ3) is 2.51. The lowest BCUT2D eigenvalue weighted by atomic mass is 10.1. The van der Waals surface area contributed by atoms with Gasteiger partial charge in [-0.05, 0) is 30.5 Å². The molecule has 4 aromatic rings. The van der Waals surface area contributed by atoms with Crippen LogP contribution in [0.3, 0.4) is 0 Å². The van der Waals surface area contributed by atoms with E-state index in [0.29, 0.717) is 6.54 Å². The Morgan fingerprint density at radius 3 is 2.65 bits per heavy atom. The standard InChI is InChI=1S/C18H17N3S2/c1-12-4-6-13(7-5-12)15-11-23-18-20-17(16-3-2-10-22-16)14(8-9-19)21(15)18/h2-7,10-11H,8-9,19H2,1H3. The number of hydrogen-bond donors (Lipinski definition) is 1. The molecule has 0 amide bonds. The number of benzene rings is 1. The number of fused-ring (bicyclic) bond motifs is 1. The van der Waals surface area contributed by atoms with Crippen LogP contribution < -0.4 is 5.73 Å². The predicted octanol–water partition coefficient (Wildman–Crippen LogP) is 4.60. The van der Waals surface area contributed by atoms with Crippen molar-refractivity contribution in [2.24, 2.45) is 5.73 Å². The zero-order valence-electron chi connectivity index (χ0n) is 12.8. The molecule has 0 unspecified atom stereocenters. The van der Waals surface area contributed by atoms with Gasteiger partial charge in [0, 0.05) is 11.8 Å². The summed E-state index contributed by atoms with van der Waals surface area (Å²) in [4.78, 5) is 7.12. The van der Waals surface area contributed by atoms with Gasteiger partial charge < -0.3 is 5.73 Å². The fourth-order valence-electron chi connectivity index (χ4n) is 2.82. The first kappa shape index (κ1) is 14.6. The van der Waals surface area contributed by atoms with Gasteiger partial charge in [-0.1, -0.05) is 35.9 Å². The maximum atomic E-state index is 5.88. The molecule has 0 fully saturated rings. The van der Waals surface area contributed by atoms with E-state index in [4.69, 9.17) is 10.7 Å². The monoisotopic (exact) mass is 339 g/mol. The van der Waals surface area contributed by atoms with Crippen molar-refractivity contribution >= 4 is 27.6 Å². The number of rotatable bonds is 4. The van der Waals surface area contributed by atoms with Gasteiger partial charge in [-0.2, -0.15) is 0 Å². The van der Waals surface area contributed by atoms with Crippen LogP contribution in [0.25, 0.3) is 26.8 Å². The SMILES string of the molecule is Cc1ccc(-c2csc3nc(-c4cccs4)c(CCN)n23)cc1. The number of thiazole rings is 1. The van der Waals surface area contributed by atoms with Crippen molar-refractivity contribution in [2.45, 2.75) is 13.3 Å². The van der Waals surface area contributed by atoms with Gasteiger partial charge in [0.15, 0.2) is 4.96 Å². The molecule has 0 bridgehead atoms. The molecule has 1 aromatic carbocycles. The normalized spacial score (nSPS) is 11.4. The minimum atomic E-state index is 0.620. The number of aryl methyl sites for hydroxylation is 1. The smallest absolute Gasteiger partial charge is 0.194 e. The molecule has 0 aliphatic carbocycles. The van der Waals surface area contributed by atoms with Crippen LogP contribution in [-0.4, -0.2) is 15.9 Å². The second-order valence-corrected chi connectivity index (χ2v) is 7.31. The lowest BCUT2D eigenvalue weighted by Gasteiger charge is -2.06. The highest BCUT2D eigenvalue weighted by Crippen LogP contribution is 2.34. The summed E-state index contributed by atoms with van der Waals surface area (Å²) in [6, 6.07) is 12.8. The third-order valence-electron chi connectivity index (χ3n) is 3.94. The Morgan fingerprint density at radius 2 is 1.96 bits per heavy atom. The maximum absolute atomic E-state index is 5.88. The summed E-state index contributed by atoms with van der Waals surface area (Å²) >= 11 is 3.41. The predicted molar refractivity (Wildman–Crippen MR) is 99.3 cm³/mol. The molecule has 3 aromatic heterocycles. The van der Waals surface area contributed by atoms with Crippen LogP contribution in [0.4, 0.5) is 0 Å². The second-order valence-electron chi connectivity index (χ2n) is 5.53. The molecule has 2 N–H and O–H groups in total. The van der Waals surface area contributed by atoms with E-state index < -0.39 is 0 Å². The van der Waals surface area contributed by atoms with E-state index in [1.54, 1.807) is 22.7 Å². The zero-order chi connectivity index (χ0) is 15.8. The molecular formula is C18H17N3S2. The molecule has 0 radical (unpaired) electrons. The van der Waals surface area contributed by atoms with Crippen LogP contribution >= 0.6 is 22.7 Å². The summed E-state index contributed by atoms with van der Waals surface area (Å²) in [7, 11) is 0. The Balaban J connectivity index is 1.95. The van der Waals surface area contributed by atoms with Gasteiger partial charge in [0.25, 0.3) is 0 Å². The van der Waals surface area contributed by atoms with Crippen LogP contribution in [0.5, 0.6) is 0 Å². The highest BCUT2D eigenvalue weighted by Gasteiger charge is 2.18. The molecule has 4 rings (SSSR count). The number of nitrogens with two attached hydrogens (primary N) is 1. The van der Waals surface area contributed by atoms with Gasteiger partial charge in [-0.3, -0.25) is 4.40 Å². The molecular weight excluding hydrogens is 322 g/mol. The van der Waals surface area contributed by atoms with E-state index in [2.05, 4.69) is 58.5 Å². The van der Waals surface area contributed by atoms with Gasteiger partial charge in [-0.25, -0.2) is 4.98 Å². The molecule has 5 heteroatoms. The highest BCUT2D eigenvalue weighted by molar-refractivity contribution is 7.15. The average Bonchev–Trinajstić information content (AvgIpc) is 3.25. The summed E-state index contributed by atoms with van der Waals surface area (Å²) in [5.41, 5.74) is 11.8. The topological polar surface area (TPSA) is 43.3 Å². The Bertz CT molecular complexity index is 931. The number of imidazole rings is 1. The lowest BCUT2D eigenvalue weighted by Crippen LogP contribution is -2.06. The quantitative estimate of drug-likeness (QED) is 0.590. The van der Waals surface area contributed by atoms with Crippen molar-refractivity contribution in [3.05, 3.63) is 58.4 Å². The van der Waals surface area contributed by atoms with Crippen molar-refractivity contribution in [2.75, 3.05) is 6.54 Å². The van der Waals surface area contributed by atoms with Gasteiger partial charge in [-0.15, -0.1) is 22.7 Å². The van der Waals surface area contributed by atoms with E-state index >= 15 is 0 Å². The third-order valence-corrected chi connectivity index (χ3v) is 5.64. The molecule has 116 valence electrons. The number of nitrogens with zero attached hydrogens (tertiary/aromatic N) is 2. The van der Waals surface area contributed by atoms with Crippen LogP contribution in [0.1, 0.15) is 11.3 Å². The Kier molecular flexibility index (Phi) is 3.77. The molecule has 0 atom stereocenters. The molecule has 0 saturated carbocycles. The maximum Gasteiger partial charge on any atom is 0.194 e. The highest BCUT2D eigenvalue weighted by atomic mass is 32.1. The largest absolute Gasteiger partial charge is 0.330 e. The number of hydrogen-bond acceptors (Lipinski definition) is 4. The molecule has 0 saturated heterocycles. The summed E-state index contributed by atoms with van der Waals surface area (Å²) in [5, 5.41) is 4.28. The number of aromatic nitrogens is 2. The molecule has 0 aliphatic rings. The van der Waals surface area contributed by atoms with Crippen molar-refractivity contribution < 1.29 is 0 Å². The Hall–Kier alpha value is -1.95. The average molecular weight is 339 g/mol. The van der Waals surface area contributed by atoms with Crippen molar-refractivity contribution in [1.82, 2.24) is 9.38 Å². The van der Waals surface area contributed by atoms with Gasteiger partial charge >= 0.3 is 0 Å². The van der Waals surface area contributed by atoms with E-state index in [1.165, 1.54) is 27.4 Å². The van der Waals surface area contributed by atoms with Crippen LogP contribution in [-0.2, 0) is 6.42 Å². The van der Waals surface area contributed by atoms with Gasteiger partial charge in [0.05, 0.1) is 16.3 Å². The van der Waals surface area contributed by atoms with E-state index in [1.807, 2.05) is 0 Å². The Labute approximate surface area is 143 Å². The summed E-state index contributed by atoms with van der Waals surface area (Å²) in [6.07, 6.45) is 0.823. The van der Waals surface area contributed by atoms with Gasteiger partial charge in [0.1, 0.15) is 5.69 Å². The fourth-order valence-corrected chi connectivity index (χ4v) is 4.47. The van der Waals surface area contributed by atoms with Crippen LogP contribution in [0, 0.1) is 6.92 Å². The minimum Gasteiger partial charge on any atom is -0.330 e. The second kappa shape index (κ2) is 5.92. The number of thiophene rings is 1. The zero-order valence-corrected chi connectivity index (χ0v) is 14.5. The first-order valence-corrected chi connectivity index (χ1v) is 9.33. The first-order valence-electron chi connectivity index (χ1n) is 7.57. The van der Waals surface area contributed by atoms with Crippen molar-refractivity contribution in [3.63, 3.8) is 0 Å². The molecule has 23 heavy (non-hydrogen) atoms. The molecule has 3 heterocycles. The molecule has 0 aliphatic heterocycles. The van der Waals surface area contributed by atoms with Crippen molar-refractivity contribution in [3.8, 4) is 21.8 Å². The van der Waals surface area contributed by atoms with E-state index in [9.17, 15) is 0 Å². The van der Waals surface area contributed by atoms with E-state index in [-0.39, 0.29) is 0 Å². The lowest BCUT2D eigenvalue weighted by molar-refractivity contribution is 0.914. The first-order chi connectivity index (χ1) is 11.3. The van der Waals surface area contributed by atoms with Crippen molar-refractivity contribution in [1.29, 1.82) is 0 Å². The van der Waals surface area contributed by atoms with Crippen LogP contribution in [0.15, 0.2) is 47.2 Å². The van der Waals surface area contributed by atoms with Crippen LogP contribution in [0.2, 0.25) is 0 Å².